The number of hydrogen-bond acceptors (Lipinski definition) is 3. The van der Waals surface area contributed by atoms with Crippen LogP contribution >= 0.6 is 44.3 Å². The lowest BCUT2D eigenvalue weighted by Gasteiger charge is -2.28. The summed E-state index contributed by atoms with van der Waals surface area (Å²) in [6.45, 7) is 1.52. The zero-order chi connectivity index (χ0) is 12.4. The van der Waals surface area contributed by atoms with Crippen LogP contribution in [0.1, 0.15) is 24.4 Å². The second-order valence-electron chi connectivity index (χ2n) is 4.30. The highest BCUT2D eigenvalue weighted by Crippen LogP contribution is 2.38. The third kappa shape index (κ3) is 3.61. The maximum absolute atomic E-state index is 10.0. The summed E-state index contributed by atoms with van der Waals surface area (Å²) in [6, 6.07) is 3.56. The van der Waals surface area contributed by atoms with Gasteiger partial charge in [0.2, 0.25) is 0 Å². The molecule has 0 amide bonds. The van der Waals surface area contributed by atoms with E-state index in [0.717, 1.165) is 36.1 Å². The SMILES string of the molecule is Cl.N[C@@H](c1cc(Br)cc(Br)c1O)C1CCOCC1. The van der Waals surface area contributed by atoms with Gasteiger partial charge in [-0.3, -0.25) is 0 Å². The largest absolute Gasteiger partial charge is 0.506 e. The van der Waals surface area contributed by atoms with E-state index in [2.05, 4.69) is 31.9 Å². The molecule has 1 saturated heterocycles. The molecule has 0 unspecified atom stereocenters. The third-order valence-corrected chi connectivity index (χ3v) is 4.25. The summed E-state index contributed by atoms with van der Waals surface area (Å²) < 4.78 is 6.91. The van der Waals surface area contributed by atoms with Crippen molar-refractivity contribution in [3.8, 4) is 5.75 Å². The van der Waals surface area contributed by atoms with Crippen molar-refractivity contribution in [1.29, 1.82) is 0 Å². The third-order valence-electron chi connectivity index (χ3n) is 3.19. The van der Waals surface area contributed by atoms with Gasteiger partial charge in [0.15, 0.2) is 0 Å². The summed E-state index contributed by atoms with van der Waals surface area (Å²) in [5.41, 5.74) is 7.04. The quantitative estimate of drug-likeness (QED) is 0.793. The van der Waals surface area contributed by atoms with Gasteiger partial charge in [-0.15, -0.1) is 12.4 Å². The zero-order valence-corrected chi connectivity index (χ0v) is 13.7. The van der Waals surface area contributed by atoms with Crippen LogP contribution in [0.15, 0.2) is 21.1 Å². The monoisotopic (exact) mass is 399 g/mol. The second kappa shape index (κ2) is 7.10. The van der Waals surface area contributed by atoms with E-state index in [4.69, 9.17) is 10.5 Å². The molecule has 1 heterocycles. The van der Waals surface area contributed by atoms with Crippen LogP contribution in [0.25, 0.3) is 0 Å². The molecule has 6 heteroatoms. The van der Waals surface area contributed by atoms with Crippen molar-refractivity contribution in [1.82, 2.24) is 0 Å². The second-order valence-corrected chi connectivity index (χ2v) is 6.07. The standard InChI is InChI=1S/C12H15Br2NO2.ClH/c13-8-5-9(12(16)10(14)6-8)11(15)7-1-3-17-4-2-7;/h5-7,11,16H,1-4,15H2;1H/t11-;/m1./s1. The van der Waals surface area contributed by atoms with Crippen LogP contribution in [-0.2, 0) is 4.74 Å². The molecule has 0 aliphatic carbocycles. The first-order valence-electron chi connectivity index (χ1n) is 5.61. The molecule has 2 rings (SSSR count). The molecule has 0 saturated carbocycles. The van der Waals surface area contributed by atoms with E-state index < -0.39 is 0 Å². The molecule has 1 aliphatic heterocycles. The highest BCUT2D eigenvalue weighted by molar-refractivity contribution is 9.11. The lowest BCUT2D eigenvalue weighted by Crippen LogP contribution is -2.27. The Balaban J connectivity index is 0.00000162. The van der Waals surface area contributed by atoms with Crippen LogP contribution < -0.4 is 5.73 Å². The molecule has 0 radical (unpaired) electrons. The Bertz CT molecular complexity index is 411. The fraction of sp³-hybridized carbons (Fsp3) is 0.500. The number of aromatic hydroxyl groups is 1. The smallest absolute Gasteiger partial charge is 0.134 e. The van der Waals surface area contributed by atoms with Gasteiger partial charge in [0, 0.05) is 29.3 Å². The van der Waals surface area contributed by atoms with E-state index in [9.17, 15) is 5.11 Å². The highest BCUT2D eigenvalue weighted by atomic mass is 79.9. The van der Waals surface area contributed by atoms with E-state index >= 15 is 0 Å². The summed E-state index contributed by atoms with van der Waals surface area (Å²) >= 11 is 6.75. The lowest BCUT2D eigenvalue weighted by molar-refractivity contribution is 0.0581. The van der Waals surface area contributed by atoms with Gasteiger partial charge in [-0.05, 0) is 46.8 Å². The average molecular weight is 402 g/mol. The minimum absolute atomic E-state index is 0. The Morgan fingerprint density at radius 1 is 1.28 bits per heavy atom. The molecule has 0 spiro atoms. The van der Waals surface area contributed by atoms with Crippen molar-refractivity contribution in [2.24, 2.45) is 11.7 Å². The van der Waals surface area contributed by atoms with Crippen molar-refractivity contribution < 1.29 is 9.84 Å². The fourth-order valence-corrected chi connectivity index (χ4v) is 3.43. The van der Waals surface area contributed by atoms with Crippen LogP contribution in [0.3, 0.4) is 0 Å². The normalized spacial score (nSPS) is 18.2. The molecule has 3 nitrogen and oxygen atoms in total. The first-order chi connectivity index (χ1) is 8.09. The minimum Gasteiger partial charge on any atom is -0.506 e. The minimum atomic E-state index is -0.146. The number of benzene rings is 1. The first kappa shape index (κ1) is 16.2. The van der Waals surface area contributed by atoms with Crippen molar-refractivity contribution in [3.05, 3.63) is 26.6 Å². The molecule has 0 aromatic heterocycles. The Morgan fingerprint density at radius 3 is 2.50 bits per heavy atom. The summed E-state index contributed by atoms with van der Waals surface area (Å²) in [5.74, 6) is 0.614. The number of phenols is 1. The van der Waals surface area contributed by atoms with Crippen molar-refractivity contribution in [2.45, 2.75) is 18.9 Å². The van der Waals surface area contributed by atoms with Gasteiger partial charge in [0.1, 0.15) is 5.75 Å². The molecule has 1 fully saturated rings. The van der Waals surface area contributed by atoms with E-state index in [1.807, 2.05) is 12.1 Å². The van der Waals surface area contributed by atoms with Gasteiger partial charge in [-0.2, -0.15) is 0 Å². The van der Waals surface area contributed by atoms with Crippen molar-refractivity contribution in [2.75, 3.05) is 13.2 Å². The average Bonchev–Trinajstić information content (AvgIpc) is 2.34. The molecule has 1 atom stereocenters. The summed E-state index contributed by atoms with van der Waals surface area (Å²) in [5, 5.41) is 10.0. The van der Waals surface area contributed by atoms with E-state index in [1.54, 1.807) is 0 Å². The Kier molecular flexibility index (Phi) is 6.41. The van der Waals surface area contributed by atoms with E-state index in [0.29, 0.717) is 10.4 Å². The summed E-state index contributed by atoms with van der Waals surface area (Å²) in [4.78, 5) is 0. The molecule has 3 N–H and O–H groups in total. The Hall–Kier alpha value is 0.190. The summed E-state index contributed by atoms with van der Waals surface area (Å²) in [7, 11) is 0. The molecular weight excluding hydrogens is 385 g/mol. The highest BCUT2D eigenvalue weighted by Gasteiger charge is 2.25. The number of halogens is 3. The van der Waals surface area contributed by atoms with Crippen LogP contribution in [0.4, 0.5) is 0 Å². The summed E-state index contributed by atoms with van der Waals surface area (Å²) in [6.07, 6.45) is 1.90. The van der Waals surface area contributed by atoms with Gasteiger partial charge >= 0.3 is 0 Å². The molecular formula is C12H16Br2ClNO2. The van der Waals surface area contributed by atoms with Crippen LogP contribution in [0.2, 0.25) is 0 Å². The van der Waals surface area contributed by atoms with Crippen LogP contribution in [-0.4, -0.2) is 18.3 Å². The van der Waals surface area contributed by atoms with Gasteiger partial charge in [0.25, 0.3) is 0 Å². The fourth-order valence-electron chi connectivity index (χ4n) is 2.17. The topological polar surface area (TPSA) is 55.5 Å². The molecule has 102 valence electrons. The molecule has 1 aromatic carbocycles. The van der Waals surface area contributed by atoms with Gasteiger partial charge in [-0.1, -0.05) is 15.9 Å². The van der Waals surface area contributed by atoms with E-state index in [1.165, 1.54) is 0 Å². The zero-order valence-electron chi connectivity index (χ0n) is 9.73. The number of phenolic OH excluding ortho intramolecular Hbond substituents is 1. The van der Waals surface area contributed by atoms with Crippen LogP contribution in [0, 0.1) is 5.92 Å². The predicted molar refractivity (Wildman–Crippen MR) is 81.2 cm³/mol. The van der Waals surface area contributed by atoms with Crippen LogP contribution in [0.5, 0.6) is 5.75 Å². The maximum atomic E-state index is 10.0. The molecule has 18 heavy (non-hydrogen) atoms. The van der Waals surface area contributed by atoms with Crippen molar-refractivity contribution in [3.63, 3.8) is 0 Å². The van der Waals surface area contributed by atoms with Gasteiger partial charge in [-0.25, -0.2) is 0 Å². The Morgan fingerprint density at radius 2 is 1.89 bits per heavy atom. The maximum Gasteiger partial charge on any atom is 0.134 e. The first-order valence-corrected chi connectivity index (χ1v) is 7.19. The van der Waals surface area contributed by atoms with Gasteiger partial charge < -0.3 is 15.6 Å². The van der Waals surface area contributed by atoms with Crippen molar-refractivity contribution >= 4 is 44.3 Å². The molecule has 1 aromatic rings. The number of ether oxygens (including phenoxy) is 1. The Labute approximate surface area is 130 Å². The van der Waals surface area contributed by atoms with E-state index in [-0.39, 0.29) is 24.2 Å². The number of rotatable bonds is 2. The molecule has 0 bridgehead atoms. The lowest BCUT2D eigenvalue weighted by atomic mass is 9.87. The number of nitrogens with two attached hydrogens (primary N) is 1. The molecule has 1 aliphatic rings. The number of hydrogen-bond donors (Lipinski definition) is 2. The predicted octanol–water partition coefficient (Wildman–Crippen LogP) is 3.77. The van der Waals surface area contributed by atoms with Gasteiger partial charge in [0.05, 0.1) is 4.47 Å².